The molecule has 3 rings (SSSR count). The number of hydrogen-bond donors (Lipinski definition) is 1. The van der Waals surface area contributed by atoms with Gasteiger partial charge in [0.05, 0.1) is 43.6 Å². The zero-order valence-electron chi connectivity index (χ0n) is 16.6. The molecule has 0 saturated carbocycles. The fraction of sp³-hybridized carbons (Fsp3) is 0.350. The van der Waals surface area contributed by atoms with Gasteiger partial charge in [0, 0.05) is 37.0 Å². The topological polar surface area (TPSA) is 103 Å². The number of carbonyl (C=O) groups is 1. The number of carbonyl (C=O) groups excluding carboxylic acids is 1. The van der Waals surface area contributed by atoms with Crippen molar-refractivity contribution in [1.29, 1.82) is 0 Å². The first-order valence-electron chi connectivity index (χ1n) is 9.09. The molecule has 0 aromatic heterocycles. The Morgan fingerprint density at radius 2 is 1.79 bits per heavy atom. The molecular weight excluding hydrogens is 378 g/mol. The van der Waals surface area contributed by atoms with Crippen molar-refractivity contribution in [3.8, 4) is 11.5 Å². The van der Waals surface area contributed by atoms with E-state index >= 15 is 0 Å². The van der Waals surface area contributed by atoms with E-state index < -0.39 is 10.8 Å². The molecule has 9 nitrogen and oxygen atoms in total. The number of nitro groups is 1. The molecule has 1 saturated heterocycles. The van der Waals surface area contributed by atoms with E-state index in [-0.39, 0.29) is 11.3 Å². The largest absolute Gasteiger partial charge is 0.493 e. The number of non-ortho nitro benzene ring substituents is 1. The number of benzene rings is 2. The fourth-order valence-electron chi connectivity index (χ4n) is 3.20. The number of amides is 1. The number of aryl methyl sites for hydroxylation is 1. The molecule has 1 aliphatic heterocycles. The van der Waals surface area contributed by atoms with Gasteiger partial charge in [-0.3, -0.25) is 14.9 Å². The van der Waals surface area contributed by atoms with Gasteiger partial charge in [0.15, 0.2) is 11.5 Å². The molecule has 0 atom stereocenters. The van der Waals surface area contributed by atoms with Crippen molar-refractivity contribution in [3.63, 3.8) is 0 Å². The molecule has 1 N–H and O–H groups in total. The van der Waals surface area contributed by atoms with Crippen molar-refractivity contribution < 1.29 is 23.9 Å². The molecule has 0 aliphatic carbocycles. The highest BCUT2D eigenvalue weighted by Crippen LogP contribution is 2.34. The smallest absolute Gasteiger partial charge is 0.270 e. The van der Waals surface area contributed by atoms with E-state index in [1.54, 1.807) is 18.2 Å². The minimum Gasteiger partial charge on any atom is -0.493 e. The average molecular weight is 401 g/mol. The Morgan fingerprint density at radius 3 is 2.41 bits per heavy atom. The summed E-state index contributed by atoms with van der Waals surface area (Å²) in [6, 6.07) is 7.74. The zero-order valence-corrected chi connectivity index (χ0v) is 16.6. The van der Waals surface area contributed by atoms with E-state index in [2.05, 4.69) is 5.32 Å². The van der Waals surface area contributed by atoms with E-state index in [4.69, 9.17) is 14.2 Å². The normalized spacial score (nSPS) is 13.7. The summed E-state index contributed by atoms with van der Waals surface area (Å²) in [5, 5.41) is 14.1. The van der Waals surface area contributed by atoms with E-state index in [9.17, 15) is 14.9 Å². The van der Waals surface area contributed by atoms with Crippen LogP contribution in [0, 0.1) is 17.0 Å². The maximum absolute atomic E-state index is 13.1. The summed E-state index contributed by atoms with van der Waals surface area (Å²) in [6.07, 6.45) is 0. The Labute approximate surface area is 168 Å². The number of nitro benzene ring substituents is 1. The molecule has 1 heterocycles. The van der Waals surface area contributed by atoms with Crippen LogP contribution in [0.5, 0.6) is 11.5 Å². The van der Waals surface area contributed by atoms with Crippen LogP contribution in [0.2, 0.25) is 0 Å². The van der Waals surface area contributed by atoms with Gasteiger partial charge in [-0.1, -0.05) is 0 Å². The molecule has 2 aromatic rings. The lowest BCUT2D eigenvalue weighted by atomic mass is 10.1. The molecule has 2 aromatic carbocycles. The van der Waals surface area contributed by atoms with Crippen molar-refractivity contribution in [1.82, 2.24) is 0 Å². The van der Waals surface area contributed by atoms with Crippen LogP contribution >= 0.6 is 0 Å². The minimum atomic E-state index is -0.512. The van der Waals surface area contributed by atoms with Crippen molar-refractivity contribution >= 4 is 23.0 Å². The van der Waals surface area contributed by atoms with E-state index in [0.717, 1.165) is 5.56 Å². The molecule has 9 heteroatoms. The van der Waals surface area contributed by atoms with Crippen molar-refractivity contribution in [3.05, 3.63) is 51.6 Å². The average Bonchev–Trinajstić information content (AvgIpc) is 2.74. The van der Waals surface area contributed by atoms with Gasteiger partial charge < -0.3 is 24.4 Å². The van der Waals surface area contributed by atoms with Crippen LogP contribution in [0.1, 0.15) is 15.9 Å². The fourth-order valence-corrected chi connectivity index (χ4v) is 3.20. The number of morpholine rings is 1. The zero-order chi connectivity index (χ0) is 21.0. The van der Waals surface area contributed by atoms with E-state index in [1.807, 2.05) is 11.8 Å². The van der Waals surface area contributed by atoms with Crippen molar-refractivity contribution in [2.75, 3.05) is 50.7 Å². The number of hydrogen-bond acceptors (Lipinski definition) is 7. The summed E-state index contributed by atoms with van der Waals surface area (Å²) in [7, 11) is 3.04. The number of ether oxygens (including phenoxy) is 3. The summed E-state index contributed by atoms with van der Waals surface area (Å²) < 4.78 is 15.9. The van der Waals surface area contributed by atoms with E-state index in [1.165, 1.54) is 26.4 Å². The predicted molar refractivity (Wildman–Crippen MR) is 108 cm³/mol. The highest BCUT2D eigenvalue weighted by atomic mass is 16.6. The lowest BCUT2D eigenvalue weighted by molar-refractivity contribution is -0.384. The van der Waals surface area contributed by atoms with Gasteiger partial charge in [0.25, 0.3) is 11.6 Å². The van der Waals surface area contributed by atoms with Crippen LogP contribution in [0.4, 0.5) is 17.1 Å². The minimum absolute atomic E-state index is 0.142. The van der Waals surface area contributed by atoms with Crippen LogP contribution in [-0.4, -0.2) is 51.4 Å². The summed E-state index contributed by atoms with van der Waals surface area (Å²) in [6.45, 7) is 4.11. The van der Waals surface area contributed by atoms with Crippen LogP contribution < -0.4 is 19.7 Å². The van der Waals surface area contributed by atoms with Crippen LogP contribution in [-0.2, 0) is 4.74 Å². The maximum Gasteiger partial charge on any atom is 0.270 e. The molecule has 0 spiro atoms. The molecule has 1 aliphatic rings. The summed E-state index contributed by atoms with van der Waals surface area (Å²) in [4.78, 5) is 25.8. The SMILES string of the molecule is COc1cc(C)c(NC(=O)c2cc([N+](=O)[O-])ccc2N2CCOCC2)cc1OC. The number of rotatable bonds is 6. The quantitative estimate of drug-likeness (QED) is 0.586. The second kappa shape index (κ2) is 8.78. The number of nitrogens with zero attached hydrogens (tertiary/aromatic N) is 2. The molecule has 0 unspecified atom stereocenters. The summed E-state index contributed by atoms with van der Waals surface area (Å²) >= 11 is 0. The Hall–Kier alpha value is -3.33. The van der Waals surface area contributed by atoms with Gasteiger partial charge in [-0.25, -0.2) is 0 Å². The number of methoxy groups -OCH3 is 2. The molecule has 29 heavy (non-hydrogen) atoms. The van der Waals surface area contributed by atoms with Gasteiger partial charge in [0.1, 0.15) is 0 Å². The Balaban J connectivity index is 1.97. The summed E-state index contributed by atoms with van der Waals surface area (Å²) in [5.74, 6) is 0.582. The third kappa shape index (κ3) is 4.40. The van der Waals surface area contributed by atoms with E-state index in [0.29, 0.717) is 49.2 Å². The Bertz CT molecular complexity index is 925. The van der Waals surface area contributed by atoms with Gasteiger partial charge in [0.2, 0.25) is 0 Å². The third-order valence-electron chi connectivity index (χ3n) is 4.77. The predicted octanol–water partition coefficient (Wildman–Crippen LogP) is 3.01. The maximum atomic E-state index is 13.1. The van der Waals surface area contributed by atoms with Gasteiger partial charge in [-0.05, 0) is 24.6 Å². The van der Waals surface area contributed by atoms with Gasteiger partial charge >= 0.3 is 0 Å². The first-order valence-corrected chi connectivity index (χ1v) is 9.09. The first-order chi connectivity index (χ1) is 13.9. The van der Waals surface area contributed by atoms with Gasteiger partial charge in [-0.2, -0.15) is 0 Å². The third-order valence-corrected chi connectivity index (χ3v) is 4.77. The van der Waals surface area contributed by atoms with Gasteiger partial charge in [-0.15, -0.1) is 0 Å². The molecule has 154 valence electrons. The monoisotopic (exact) mass is 401 g/mol. The highest BCUT2D eigenvalue weighted by molar-refractivity contribution is 6.09. The second-order valence-corrected chi connectivity index (χ2v) is 6.53. The first kappa shape index (κ1) is 20.4. The number of nitrogens with one attached hydrogen (secondary N) is 1. The lowest BCUT2D eigenvalue weighted by Gasteiger charge is -2.30. The molecular formula is C20H23N3O6. The molecule has 0 radical (unpaired) electrons. The van der Waals surface area contributed by atoms with Crippen molar-refractivity contribution in [2.24, 2.45) is 0 Å². The number of anilines is 2. The lowest BCUT2D eigenvalue weighted by Crippen LogP contribution is -2.37. The summed E-state index contributed by atoms with van der Waals surface area (Å²) in [5.41, 5.74) is 2.03. The molecule has 0 bridgehead atoms. The highest BCUT2D eigenvalue weighted by Gasteiger charge is 2.23. The van der Waals surface area contributed by atoms with Crippen molar-refractivity contribution in [2.45, 2.75) is 6.92 Å². The molecule has 1 fully saturated rings. The Kier molecular flexibility index (Phi) is 6.18. The standard InChI is InChI=1S/C20H23N3O6/c1-13-10-18(27-2)19(28-3)12-16(13)21-20(24)15-11-14(23(25)26)4-5-17(15)22-6-8-29-9-7-22/h4-5,10-12H,6-9H2,1-3H3,(H,21,24). The Morgan fingerprint density at radius 1 is 1.14 bits per heavy atom. The van der Waals surface area contributed by atoms with Crippen LogP contribution in [0.3, 0.4) is 0 Å². The molecule has 1 amide bonds. The second-order valence-electron chi connectivity index (χ2n) is 6.53. The van der Waals surface area contributed by atoms with Crippen LogP contribution in [0.25, 0.3) is 0 Å². The van der Waals surface area contributed by atoms with Crippen LogP contribution in [0.15, 0.2) is 30.3 Å².